The summed E-state index contributed by atoms with van der Waals surface area (Å²) >= 11 is 0. The Bertz CT molecular complexity index is 472. The van der Waals surface area contributed by atoms with Crippen molar-refractivity contribution in [2.75, 3.05) is 13.1 Å². The number of hydrogen-bond acceptors (Lipinski definition) is 1. The molecule has 3 heteroatoms. The van der Waals surface area contributed by atoms with Crippen LogP contribution in [-0.2, 0) is 0 Å². The van der Waals surface area contributed by atoms with Gasteiger partial charge >= 0.3 is 18.9 Å². The Morgan fingerprint density at radius 2 is 1.19 bits per heavy atom. The molecular weight excluding hydrogens is 265 g/mol. The molecule has 3 rings (SSSR count). The molecule has 0 bridgehead atoms. The second-order valence-electron chi connectivity index (χ2n) is 5.37. The molecule has 0 N–H and O–H groups in total. The fourth-order valence-corrected chi connectivity index (χ4v) is 5.14. The smallest absolute Gasteiger partial charge is 0.457 e. The molecule has 1 aliphatic rings. The maximum absolute atomic E-state index is 2.55. The van der Waals surface area contributed by atoms with Gasteiger partial charge in [0.15, 0.2) is 0 Å². The molecule has 0 aromatic heterocycles. The summed E-state index contributed by atoms with van der Waals surface area (Å²) in [5.74, 6) is 0. The average Bonchev–Trinajstić information content (AvgIpc) is 2.55. The minimum atomic E-state index is -0.798. The van der Waals surface area contributed by atoms with E-state index in [2.05, 4.69) is 71.7 Å². The molecule has 103 valence electrons. The molecule has 0 saturated carbocycles. The van der Waals surface area contributed by atoms with Crippen LogP contribution in [0.15, 0.2) is 60.7 Å². The Balaban J connectivity index is 0.00000161. The van der Waals surface area contributed by atoms with Crippen LogP contribution in [0.2, 0.25) is 0 Å². The fourth-order valence-electron chi connectivity index (χ4n) is 2.78. The van der Waals surface area contributed by atoms with Crippen LogP contribution < -0.4 is 29.2 Å². The molecule has 1 nitrogen and oxygen atoms in total. The van der Waals surface area contributed by atoms with Gasteiger partial charge in [0.25, 0.3) is 0 Å². The van der Waals surface area contributed by atoms with Gasteiger partial charge in [0.1, 0.15) is 0 Å². The van der Waals surface area contributed by atoms with Gasteiger partial charge in [-0.1, -0.05) is 77.5 Å². The Hall–Kier alpha value is -0.786. The third kappa shape index (κ3) is 4.59. The van der Waals surface area contributed by atoms with E-state index >= 15 is 0 Å². The van der Waals surface area contributed by atoms with Gasteiger partial charge in [-0.15, -0.1) is 0 Å². The van der Waals surface area contributed by atoms with E-state index in [0.29, 0.717) is 0 Å². The molecule has 0 amide bonds. The van der Waals surface area contributed by atoms with E-state index in [1.807, 2.05) is 0 Å². The van der Waals surface area contributed by atoms with E-state index in [1.54, 1.807) is 0 Å². The first kappa shape index (κ1) is 16.6. The molecule has 1 fully saturated rings. The van der Waals surface area contributed by atoms with Gasteiger partial charge in [0.05, 0.1) is 0 Å². The average molecular weight is 286 g/mol. The number of benzene rings is 2. The standard InChI is InChI=1S/C18H21NSi.Li/c1-4-10-17(11-5-1)20(18-12-6-2-7-13-18)16-19-14-8-3-9-15-19;/h1-2,4-7,10-13,16H,3,8-9,14-15H2;/q-1;+1. The second-order valence-corrected chi connectivity index (χ2v) is 7.61. The first-order valence-electron chi connectivity index (χ1n) is 7.50. The van der Waals surface area contributed by atoms with Gasteiger partial charge in [-0.2, -0.15) is 0 Å². The van der Waals surface area contributed by atoms with Crippen LogP contribution >= 0.6 is 0 Å². The molecule has 21 heavy (non-hydrogen) atoms. The van der Waals surface area contributed by atoms with Gasteiger partial charge in [0.2, 0.25) is 0 Å². The van der Waals surface area contributed by atoms with Gasteiger partial charge < -0.3 is 4.90 Å². The Kier molecular flexibility index (Phi) is 6.80. The Morgan fingerprint density at radius 3 is 1.67 bits per heavy atom. The molecule has 2 aromatic carbocycles. The number of nitrogens with zero attached hydrogens (tertiary/aromatic N) is 1. The molecule has 1 saturated heterocycles. The van der Waals surface area contributed by atoms with Crippen molar-refractivity contribution >= 4 is 19.2 Å². The van der Waals surface area contributed by atoms with Crippen LogP contribution in [0.25, 0.3) is 0 Å². The number of likely N-dealkylation sites (tertiary alicyclic amines) is 1. The van der Waals surface area contributed by atoms with Crippen molar-refractivity contribution in [2.24, 2.45) is 0 Å². The number of hydrogen-bond donors (Lipinski definition) is 0. The molecular formula is C18H21LiNSi. The minimum absolute atomic E-state index is 0. The summed E-state index contributed by atoms with van der Waals surface area (Å²) in [6.45, 7) is 2.46. The summed E-state index contributed by atoms with van der Waals surface area (Å²) < 4.78 is 0. The van der Waals surface area contributed by atoms with E-state index in [4.69, 9.17) is 0 Å². The van der Waals surface area contributed by atoms with E-state index in [0.717, 1.165) is 0 Å². The first-order valence-corrected chi connectivity index (χ1v) is 9.08. The third-order valence-electron chi connectivity index (χ3n) is 3.87. The topological polar surface area (TPSA) is 3.24 Å². The van der Waals surface area contributed by atoms with Crippen LogP contribution in [0.4, 0.5) is 0 Å². The van der Waals surface area contributed by atoms with Crippen molar-refractivity contribution in [3.63, 3.8) is 0 Å². The fraction of sp³-hybridized carbons (Fsp3) is 0.278. The Morgan fingerprint density at radius 1 is 0.714 bits per heavy atom. The maximum atomic E-state index is 2.55. The van der Waals surface area contributed by atoms with Crippen LogP contribution in [0.5, 0.6) is 0 Å². The zero-order valence-corrected chi connectivity index (χ0v) is 13.8. The predicted octanol–water partition coefficient (Wildman–Crippen LogP) is -0.514. The van der Waals surface area contributed by atoms with Crippen molar-refractivity contribution in [3.05, 3.63) is 66.8 Å². The van der Waals surface area contributed by atoms with E-state index in [1.165, 1.54) is 42.7 Å². The molecule has 0 unspecified atom stereocenters. The van der Waals surface area contributed by atoms with Crippen molar-refractivity contribution in [3.8, 4) is 0 Å². The summed E-state index contributed by atoms with van der Waals surface area (Å²) in [7, 11) is -0.798. The molecule has 1 radical (unpaired) electrons. The molecule has 0 atom stereocenters. The first-order chi connectivity index (χ1) is 9.93. The van der Waals surface area contributed by atoms with Crippen molar-refractivity contribution in [1.82, 2.24) is 4.90 Å². The van der Waals surface area contributed by atoms with Gasteiger partial charge in [-0.25, -0.2) is 0 Å². The van der Waals surface area contributed by atoms with E-state index < -0.39 is 8.80 Å². The maximum Gasteiger partial charge on any atom is 1.00 e. The van der Waals surface area contributed by atoms with Crippen LogP contribution in [0, 0.1) is 6.17 Å². The van der Waals surface area contributed by atoms with E-state index in [-0.39, 0.29) is 18.9 Å². The van der Waals surface area contributed by atoms with Crippen LogP contribution in [0.1, 0.15) is 19.3 Å². The van der Waals surface area contributed by atoms with Crippen molar-refractivity contribution in [1.29, 1.82) is 0 Å². The van der Waals surface area contributed by atoms with E-state index in [9.17, 15) is 0 Å². The summed E-state index contributed by atoms with van der Waals surface area (Å²) in [5.41, 5.74) is 0. The summed E-state index contributed by atoms with van der Waals surface area (Å²) in [4.78, 5) is 2.55. The van der Waals surface area contributed by atoms with Crippen molar-refractivity contribution in [2.45, 2.75) is 19.3 Å². The minimum Gasteiger partial charge on any atom is -0.457 e. The number of piperidine rings is 1. The van der Waals surface area contributed by atoms with Crippen LogP contribution in [0.3, 0.4) is 0 Å². The largest absolute Gasteiger partial charge is 1.00 e. The van der Waals surface area contributed by atoms with Crippen LogP contribution in [-0.4, -0.2) is 26.8 Å². The Labute approximate surface area is 142 Å². The van der Waals surface area contributed by atoms with Gasteiger partial charge in [-0.3, -0.25) is 6.17 Å². The monoisotopic (exact) mass is 286 g/mol. The second kappa shape index (κ2) is 8.61. The third-order valence-corrected chi connectivity index (χ3v) is 6.41. The normalized spacial score (nSPS) is 15.7. The molecule has 2 aromatic rings. The summed E-state index contributed by atoms with van der Waals surface area (Å²) in [6, 6.07) is 22.0. The molecule has 0 spiro atoms. The summed E-state index contributed by atoms with van der Waals surface area (Å²) in [5, 5.41) is 2.96. The van der Waals surface area contributed by atoms with Gasteiger partial charge in [-0.05, 0) is 34.7 Å². The van der Waals surface area contributed by atoms with Crippen molar-refractivity contribution < 1.29 is 18.9 Å². The zero-order chi connectivity index (χ0) is 13.6. The van der Waals surface area contributed by atoms with Gasteiger partial charge in [0, 0.05) is 0 Å². The summed E-state index contributed by atoms with van der Waals surface area (Å²) in [6.07, 6.45) is 6.61. The SMILES string of the molecule is [Li+].c1ccc([Si]([CH-]N2CCCCC2)c2ccccc2)cc1. The molecule has 1 heterocycles. The zero-order valence-electron chi connectivity index (χ0n) is 12.8. The molecule has 0 aliphatic carbocycles. The predicted molar refractivity (Wildman–Crippen MR) is 87.6 cm³/mol. The molecule has 1 aliphatic heterocycles. The quantitative estimate of drug-likeness (QED) is 0.540. The number of rotatable bonds is 4.